The topological polar surface area (TPSA) is 23.8 Å². The van der Waals surface area contributed by atoms with Crippen LogP contribution in [0.2, 0.25) is 0 Å². The summed E-state index contributed by atoms with van der Waals surface area (Å²) < 4.78 is 0. The van der Waals surface area contributed by atoms with E-state index in [9.17, 15) is 0 Å². The van der Waals surface area contributed by atoms with Crippen LogP contribution in [0.1, 0.15) is 31.4 Å². The Morgan fingerprint density at radius 3 is 2.46 bits per heavy atom. The largest absolute Gasteiger partial charge is 0.197 e. The molecule has 68 valence electrons. The molecule has 0 aliphatic heterocycles. The van der Waals surface area contributed by atoms with Gasteiger partial charge < -0.3 is 0 Å². The first kappa shape index (κ1) is 9.80. The summed E-state index contributed by atoms with van der Waals surface area (Å²) in [5.41, 5.74) is 2.03. The fourth-order valence-electron chi connectivity index (χ4n) is 1.52. The van der Waals surface area contributed by atoms with Gasteiger partial charge in [0.2, 0.25) is 0 Å². The molecule has 0 aliphatic rings. The Morgan fingerprint density at radius 2 is 2.00 bits per heavy atom. The minimum absolute atomic E-state index is 0.328. The van der Waals surface area contributed by atoms with E-state index in [1.54, 1.807) is 0 Å². The third kappa shape index (κ3) is 1.72. The molecule has 0 saturated carbocycles. The molecule has 0 aromatic heterocycles. The summed E-state index contributed by atoms with van der Waals surface area (Å²) in [4.78, 5) is 0. The van der Waals surface area contributed by atoms with Crippen molar-refractivity contribution in [2.75, 3.05) is 0 Å². The van der Waals surface area contributed by atoms with Gasteiger partial charge in [0.1, 0.15) is 0 Å². The maximum absolute atomic E-state index is 9.11. The summed E-state index contributed by atoms with van der Waals surface area (Å²) in [6.07, 6.45) is 0.856. The molecule has 0 bridgehead atoms. The van der Waals surface area contributed by atoms with Crippen LogP contribution in [0.3, 0.4) is 0 Å². The van der Waals surface area contributed by atoms with E-state index < -0.39 is 0 Å². The average molecular weight is 173 g/mol. The number of nitriles is 1. The van der Waals surface area contributed by atoms with Crippen LogP contribution in [-0.2, 0) is 5.41 Å². The second-order valence-electron chi connectivity index (χ2n) is 3.61. The second kappa shape index (κ2) is 3.62. The fourth-order valence-corrected chi connectivity index (χ4v) is 1.52. The highest BCUT2D eigenvalue weighted by Crippen LogP contribution is 2.28. The quantitative estimate of drug-likeness (QED) is 0.673. The third-order valence-electron chi connectivity index (χ3n) is 2.69. The monoisotopic (exact) mass is 173 g/mol. The zero-order valence-electron chi connectivity index (χ0n) is 8.46. The third-order valence-corrected chi connectivity index (χ3v) is 2.69. The Morgan fingerprint density at radius 1 is 1.38 bits per heavy atom. The minimum atomic E-state index is -0.328. The lowest BCUT2D eigenvalue weighted by Crippen LogP contribution is -2.19. The van der Waals surface area contributed by atoms with E-state index in [4.69, 9.17) is 5.26 Å². The zero-order valence-corrected chi connectivity index (χ0v) is 8.46. The van der Waals surface area contributed by atoms with Gasteiger partial charge in [0.15, 0.2) is 0 Å². The number of nitrogens with zero attached hydrogens (tertiary/aromatic N) is 1. The molecule has 1 atom stereocenters. The Labute approximate surface area is 80.0 Å². The number of aryl methyl sites for hydroxylation is 1. The van der Waals surface area contributed by atoms with Crippen LogP contribution in [0.25, 0.3) is 0 Å². The van der Waals surface area contributed by atoms with Crippen LogP contribution in [0, 0.1) is 18.3 Å². The standard InChI is InChI=1S/C12H15N/c1-4-12(3,9-13)11-8-6-5-7-10(11)2/h5-8H,4H2,1-3H3. The van der Waals surface area contributed by atoms with Gasteiger partial charge in [0, 0.05) is 0 Å². The summed E-state index contributed by atoms with van der Waals surface area (Å²) in [6, 6.07) is 10.5. The summed E-state index contributed by atoms with van der Waals surface area (Å²) in [5.74, 6) is 0. The summed E-state index contributed by atoms with van der Waals surface area (Å²) in [7, 11) is 0. The van der Waals surface area contributed by atoms with Crippen molar-refractivity contribution in [2.24, 2.45) is 0 Å². The van der Waals surface area contributed by atoms with Crippen molar-refractivity contribution in [3.05, 3.63) is 35.4 Å². The maximum Gasteiger partial charge on any atom is 0.0794 e. The number of hydrogen-bond donors (Lipinski definition) is 0. The van der Waals surface area contributed by atoms with E-state index in [1.807, 2.05) is 25.1 Å². The highest BCUT2D eigenvalue weighted by Gasteiger charge is 2.25. The molecule has 1 rings (SSSR count). The van der Waals surface area contributed by atoms with Crippen LogP contribution in [-0.4, -0.2) is 0 Å². The molecule has 0 N–H and O–H groups in total. The molecule has 1 nitrogen and oxygen atoms in total. The molecular weight excluding hydrogens is 158 g/mol. The smallest absolute Gasteiger partial charge is 0.0794 e. The van der Waals surface area contributed by atoms with Gasteiger partial charge in [0.05, 0.1) is 11.5 Å². The average Bonchev–Trinajstić information content (AvgIpc) is 2.17. The van der Waals surface area contributed by atoms with E-state index in [1.165, 1.54) is 5.56 Å². The minimum Gasteiger partial charge on any atom is -0.197 e. The Hall–Kier alpha value is -1.29. The fraction of sp³-hybridized carbons (Fsp3) is 0.417. The van der Waals surface area contributed by atoms with Crippen LogP contribution >= 0.6 is 0 Å². The van der Waals surface area contributed by atoms with Crippen LogP contribution in [0.15, 0.2) is 24.3 Å². The predicted molar refractivity (Wildman–Crippen MR) is 54.4 cm³/mol. The first-order valence-corrected chi connectivity index (χ1v) is 4.61. The number of benzene rings is 1. The Kier molecular flexibility index (Phi) is 2.72. The molecule has 0 fully saturated rings. The molecular formula is C12H15N. The Balaban J connectivity index is 3.22. The molecule has 0 amide bonds. The van der Waals surface area contributed by atoms with Crippen molar-refractivity contribution in [3.63, 3.8) is 0 Å². The van der Waals surface area contributed by atoms with Gasteiger partial charge in [-0.3, -0.25) is 0 Å². The van der Waals surface area contributed by atoms with Crippen molar-refractivity contribution >= 4 is 0 Å². The molecule has 13 heavy (non-hydrogen) atoms. The van der Waals surface area contributed by atoms with Crippen LogP contribution < -0.4 is 0 Å². The van der Waals surface area contributed by atoms with Gasteiger partial charge in [-0.1, -0.05) is 31.2 Å². The molecule has 1 aromatic rings. The van der Waals surface area contributed by atoms with Gasteiger partial charge in [-0.15, -0.1) is 0 Å². The molecule has 0 saturated heterocycles. The van der Waals surface area contributed by atoms with Gasteiger partial charge >= 0.3 is 0 Å². The highest BCUT2D eigenvalue weighted by atomic mass is 14.4. The summed E-state index contributed by atoms with van der Waals surface area (Å²) >= 11 is 0. The van der Waals surface area contributed by atoms with E-state index in [0.29, 0.717) is 0 Å². The van der Waals surface area contributed by atoms with Crippen molar-refractivity contribution in [3.8, 4) is 6.07 Å². The van der Waals surface area contributed by atoms with Crippen molar-refractivity contribution in [1.29, 1.82) is 5.26 Å². The predicted octanol–water partition coefficient (Wildman–Crippen LogP) is 3.19. The van der Waals surface area contributed by atoms with E-state index in [-0.39, 0.29) is 5.41 Å². The van der Waals surface area contributed by atoms with Crippen LogP contribution in [0.5, 0.6) is 0 Å². The van der Waals surface area contributed by atoms with Crippen molar-refractivity contribution < 1.29 is 0 Å². The SMILES string of the molecule is CCC(C)(C#N)c1ccccc1C. The molecule has 1 heteroatoms. The zero-order chi connectivity index (χ0) is 9.90. The lowest BCUT2D eigenvalue weighted by atomic mass is 9.79. The van der Waals surface area contributed by atoms with Gasteiger partial charge in [-0.2, -0.15) is 5.26 Å². The lowest BCUT2D eigenvalue weighted by Gasteiger charge is -2.21. The summed E-state index contributed by atoms with van der Waals surface area (Å²) in [6.45, 7) is 6.10. The summed E-state index contributed by atoms with van der Waals surface area (Å²) in [5, 5.41) is 9.11. The molecule has 0 radical (unpaired) electrons. The highest BCUT2D eigenvalue weighted by molar-refractivity contribution is 5.37. The van der Waals surface area contributed by atoms with Gasteiger partial charge in [-0.05, 0) is 31.4 Å². The van der Waals surface area contributed by atoms with Crippen LogP contribution in [0.4, 0.5) is 0 Å². The molecule has 0 spiro atoms. The molecule has 0 aliphatic carbocycles. The van der Waals surface area contributed by atoms with Crippen molar-refractivity contribution in [1.82, 2.24) is 0 Å². The van der Waals surface area contributed by atoms with E-state index in [2.05, 4.69) is 26.0 Å². The molecule has 0 heterocycles. The van der Waals surface area contributed by atoms with Crippen molar-refractivity contribution in [2.45, 2.75) is 32.6 Å². The molecule has 1 unspecified atom stereocenters. The Bertz CT molecular complexity index is 335. The van der Waals surface area contributed by atoms with Gasteiger partial charge in [0.25, 0.3) is 0 Å². The van der Waals surface area contributed by atoms with E-state index >= 15 is 0 Å². The second-order valence-corrected chi connectivity index (χ2v) is 3.61. The molecule has 1 aromatic carbocycles. The van der Waals surface area contributed by atoms with E-state index in [0.717, 1.165) is 12.0 Å². The lowest BCUT2D eigenvalue weighted by molar-refractivity contribution is 0.583. The first-order valence-electron chi connectivity index (χ1n) is 4.61. The normalized spacial score (nSPS) is 14.6. The van der Waals surface area contributed by atoms with Gasteiger partial charge in [-0.25, -0.2) is 0 Å². The maximum atomic E-state index is 9.11. The number of hydrogen-bond acceptors (Lipinski definition) is 1. The first-order chi connectivity index (χ1) is 6.14. The number of rotatable bonds is 2.